The Labute approximate surface area is 190 Å². The summed E-state index contributed by atoms with van der Waals surface area (Å²) in [6.45, 7) is 0. The van der Waals surface area contributed by atoms with Crippen LogP contribution in [0.25, 0.3) is 5.57 Å². The summed E-state index contributed by atoms with van der Waals surface area (Å²) >= 11 is 0. The number of amides is 2. The van der Waals surface area contributed by atoms with Crippen LogP contribution in [0.15, 0.2) is 72.4 Å². The molecule has 4 rings (SSSR count). The van der Waals surface area contributed by atoms with Gasteiger partial charge in [-0.05, 0) is 54.1 Å². The topological polar surface area (TPSA) is 77.1 Å². The molecular weight excluding hydrogens is 427 g/mol. The second-order valence-electron chi connectivity index (χ2n) is 7.09. The Bertz CT molecular complexity index is 1240. The minimum Gasteiger partial charge on any atom is -0.497 e. The molecule has 0 atom stereocenters. The van der Waals surface area contributed by atoms with E-state index in [0.29, 0.717) is 28.5 Å². The minimum atomic E-state index is -0.582. The van der Waals surface area contributed by atoms with Gasteiger partial charge in [0, 0.05) is 11.8 Å². The molecule has 0 saturated carbocycles. The van der Waals surface area contributed by atoms with Gasteiger partial charge in [0.1, 0.15) is 28.8 Å². The van der Waals surface area contributed by atoms with Crippen LogP contribution < -0.4 is 24.4 Å². The molecule has 0 saturated heterocycles. The maximum absolute atomic E-state index is 13.6. The highest BCUT2D eigenvalue weighted by Gasteiger charge is 2.41. The highest BCUT2D eigenvalue weighted by molar-refractivity contribution is 6.46. The summed E-state index contributed by atoms with van der Waals surface area (Å²) in [5, 5.41) is 3.05. The third-order valence-electron chi connectivity index (χ3n) is 5.20. The van der Waals surface area contributed by atoms with Gasteiger partial charge in [0.05, 0.1) is 32.6 Å². The molecule has 0 unspecified atom stereocenters. The van der Waals surface area contributed by atoms with Crippen LogP contribution in [0, 0.1) is 5.82 Å². The van der Waals surface area contributed by atoms with Gasteiger partial charge in [-0.3, -0.25) is 9.59 Å². The Morgan fingerprint density at radius 1 is 0.758 bits per heavy atom. The van der Waals surface area contributed by atoms with E-state index in [4.69, 9.17) is 14.2 Å². The molecule has 0 aliphatic carbocycles. The van der Waals surface area contributed by atoms with Gasteiger partial charge in [-0.2, -0.15) is 0 Å². The Kier molecular flexibility index (Phi) is 5.99. The predicted molar refractivity (Wildman–Crippen MR) is 122 cm³/mol. The van der Waals surface area contributed by atoms with Gasteiger partial charge in [0.15, 0.2) is 0 Å². The standard InChI is InChI=1S/C25H21FN2O5/c1-31-18-10-8-17(9-11-18)27-23-22(15-4-6-16(26)7-5-15)24(29)28(25(23)30)20-14-19(32-2)12-13-21(20)33-3/h4-14,27H,1-3H3. The maximum Gasteiger partial charge on any atom is 0.282 e. The summed E-state index contributed by atoms with van der Waals surface area (Å²) in [5.74, 6) is -0.194. The second-order valence-corrected chi connectivity index (χ2v) is 7.09. The van der Waals surface area contributed by atoms with E-state index in [1.54, 1.807) is 49.6 Å². The van der Waals surface area contributed by atoms with Crippen molar-refractivity contribution >= 4 is 28.8 Å². The fourth-order valence-electron chi connectivity index (χ4n) is 3.54. The van der Waals surface area contributed by atoms with Crippen molar-refractivity contribution in [2.45, 2.75) is 0 Å². The molecule has 3 aromatic rings. The average Bonchev–Trinajstić information content (AvgIpc) is 3.08. The molecule has 7 nitrogen and oxygen atoms in total. The van der Waals surface area contributed by atoms with Crippen LogP contribution in [0.2, 0.25) is 0 Å². The molecular formula is C25H21FN2O5. The zero-order valence-corrected chi connectivity index (χ0v) is 18.2. The van der Waals surface area contributed by atoms with Gasteiger partial charge in [0.25, 0.3) is 11.8 Å². The van der Waals surface area contributed by atoms with E-state index in [2.05, 4.69) is 5.32 Å². The van der Waals surface area contributed by atoms with Gasteiger partial charge in [-0.25, -0.2) is 9.29 Å². The number of anilines is 2. The van der Waals surface area contributed by atoms with Crippen molar-refractivity contribution in [3.05, 3.63) is 83.8 Å². The maximum atomic E-state index is 13.6. The Morgan fingerprint density at radius 3 is 2.00 bits per heavy atom. The highest BCUT2D eigenvalue weighted by atomic mass is 19.1. The number of carbonyl (C=O) groups is 2. The summed E-state index contributed by atoms with van der Waals surface area (Å²) in [6, 6.07) is 17.1. The van der Waals surface area contributed by atoms with Crippen molar-refractivity contribution in [3.8, 4) is 17.2 Å². The van der Waals surface area contributed by atoms with E-state index in [9.17, 15) is 14.0 Å². The Morgan fingerprint density at radius 2 is 1.39 bits per heavy atom. The number of nitrogens with one attached hydrogen (secondary N) is 1. The molecule has 2 amide bonds. The van der Waals surface area contributed by atoms with Crippen LogP contribution in [0.3, 0.4) is 0 Å². The molecule has 0 bridgehead atoms. The normalized spacial score (nSPS) is 13.4. The van der Waals surface area contributed by atoms with Crippen LogP contribution in [0.4, 0.5) is 15.8 Å². The van der Waals surface area contributed by atoms with E-state index < -0.39 is 17.6 Å². The van der Waals surface area contributed by atoms with Crippen molar-refractivity contribution in [3.63, 3.8) is 0 Å². The molecule has 0 radical (unpaired) electrons. The summed E-state index contributed by atoms with van der Waals surface area (Å²) < 4.78 is 29.4. The number of halogens is 1. The van der Waals surface area contributed by atoms with Gasteiger partial charge in [-0.15, -0.1) is 0 Å². The minimum absolute atomic E-state index is 0.0571. The third kappa shape index (κ3) is 4.10. The number of imide groups is 1. The Hall–Kier alpha value is -4.33. The lowest BCUT2D eigenvalue weighted by Gasteiger charge is -2.19. The van der Waals surface area contributed by atoms with Crippen LogP contribution in [-0.2, 0) is 9.59 Å². The highest BCUT2D eigenvalue weighted by Crippen LogP contribution is 2.39. The molecule has 0 fully saturated rings. The number of hydrogen-bond donors (Lipinski definition) is 1. The fraction of sp³-hybridized carbons (Fsp3) is 0.120. The lowest BCUT2D eigenvalue weighted by atomic mass is 10.0. The van der Waals surface area contributed by atoms with E-state index in [-0.39, 0.29) is 17.0 Å². The third-order valence-corrected chi connectivity index (χ3v) is 5.20. The molecule has 1 heterocycles. The van der Waals surface area contributed by atoms with Gasteiger partial charge >= 0.3 is 0 Å². The lowest BCUT2D eigenvalue weighted by Crippen LogP contribution is -2.32. The summed E-state index contributed by atoms with van der Waals surface area (Å²) in [7, 11) is 4.48. The molecule has 33 heavy (non-hydrogen) atoms. The van der Waals surface area contributed by atoms with Crippen LogP contribution in [0.5, 0.6) is 17.2 Å². The molecule has 0 aromatic heterocycles. The number of rotatable bonds is 7. The zero-order chi connectivity index (χ0) is 23.5. The quantitative estimate of drug-likeness (QED) is 0.545. The molecule has 1 aliphatic rings. The second kappa shape index (κ2) is 9.04. The SMILES string of the molecule is COc1ccc(NC2=C(c3ccc(F)cc3)C(=O)N(c3cc(OC)ccc3OC)C2=O)cc1. The first-order valence-electron chi connectivity index (χ1n) is 9.99. The molecule has 1 aliphatic heterocycles. The van der Waals surface area contributed by atoms with Crippen LogP contribution in [-0.4, -0.2) is 33.1 Å². The summed E-state index contributed by atoms with van der Waals surface area (Å²) in [5.41, 5.74) is 1.38. The van der Waals surface area contributed by atoms with E-state index in [0.717, 1.165) is 4.90 Å². The summed E-state index contributed by atoms with van der Waals surface area (Å²) in [6.07, 6.45) is 0. The number of methoxy groups -OCH3 is 3. The van der Waals surface area contributed by atoms with Crippen molar-refractivity contribution < 1.29 is 28.2 Å². The van der Waals surface area contributed by atoms with Crippen molar-refractivity contribution in [1.82, 2.24) is 0 Å². The van der Waals surface area contributed by atoms with Crippen LogP contribution in [0.1, 0.15) is 5.56 Å². The van der Waals surface area contributed by atoms with Crippen molar-refractivity contribution in [2.24, 2.45) is 0 Å². The van der Waals surface area contributed by atoms with Gasteiger partial charge < -0.3 is 19.5 Å². The zero-order valence-electron chi connectivity index (χ0n) is 18.2. The number of hydrogen-bond acceptors (Lipinski definition) is 6. The average molecular weight is 448 g/mol. The van der Waals surface area contributed by atoms with Crippen molar-refractivity contribution in [2.75, 3.05) is 31.5 Å². The molecule has 8 heteroatoms. The number of nitrogens with zero attached hydrogens (tertiary/aromatic N) is 1. The van der Waals surface area contributed by atoms with Gasteiger partial charge in [-0.1, -0.05) is 12.1 Å². The predicted octanol–water partition coefficient (Wildman–Crippen LogP) is 4.25. The first kappa shape index (κ1) is 21.9. The fourth-order valence-corrected chi connectivity index (χ4v) is 3.54. The number of carbonyl (C=O) groups excluding carboxylic acids is 2. The van der Waals surface area contributed by atoms with E-state index in [1.165, 1.54) is 38.5 Å². The molecule has 3 aromatic carbocycles. The number of ether oxygens (including phenoxy) is 3. The number of benzene rings is 3. The molecule has 168 valence electrons. The first-order valence-corrected chi connectivity index (χ1v) is 9.99. The molecule has 1 N–H and O–H groups in total. The monoisotopic (exact) mass is 448 g/mol. The van der Waals surface area contributed by atoms with E-state index >= 15 is 0 Å². The largest absolute Gasteiger partial charge is 0.497 e. The Balaban J connectivity index is 1.83. The van der Waals surface area contributed by atoms with Crippen molar-refractivity contribution in [1.29, 1.82) is 0 Å². The summed E-state index contributed by atoms with van der Waals surface area (Å²) in [4.78, 5) is 28.1. The lowest BCUT2D eigenvalue weighted by molar-refractivity contribution is -0.120. The van der Waals surface area contributed by atoms with Crippen LogP contribution >= 0.6 is 0 Å². The molecule has 0 spiro atoms. The van der Waals surface area contributed by atoms with E-state index in [1.807, 2.05) is 0 Å². The smallest absolute Gasteiger partial charge is 0.282 e. The first-order chi connectivity index (χ1) is 16.0. The van der Waals surface area contributed by atoms with Gasteiger partial charge in [0.2, 0.25) is 0 Å².